The van der Waals surface area contributed by atoms with Gasteiger partial charge in [-0.3, -0.25) is 4.79 Å². The van der Waals surface area contributed by atoms with Crippen LogP contribution < -0.4 is 4.57 Å². The Bertz CT molecular complexity index is 1040. The van der Waals surface area contributed by atoms with E-state index in [1.807, 2.05) is 36.9 Å². The largest absolute Gasteiger partial charge is 0.371 e. The Morgan fingerprint density at radius 3 is 2.73 bits per heavy atom. The number of aryl methyl sites for hydroxylation is 1. The van der Waals surface area contributed by atoms with Crippen LogP contribution in [0.25, 0.3) is 0 Å². The normalized spacial score (nSPS) is 38.1. The summed E-state index contributed by atoms with van der Waals surface area (Å²) in [7, 11) is 1.89. The molecule has 0 N–H and O–H groups in total. The number of pyridine rings is 1. The van der Waals surface area contributed by atoms with E-state index in [-0.39, 0.29) is 10.8 Å². The molecule has 0 amide bonds. The monoisotopic (exact) mass is 449 g/mol. The van der Waals surface area contributed by atoms with Gasteiger partial charge in [-0.1, -0.05) is 24.6 Å². The zero-order valence-electron chi connectivity index (χ0n) is 20.5. The van der Waals surface area contributed by atoms with E-state index in [1.54, 1.807) is 12.3 Å². The minimum Gasteiger partial charge on any atom is -0.313 e. The van der Waals surface area contributed by atoms with Crippen molar-refractivity contribution in [2.24, 2.45) is 46.7 Å². The molecule has 0 bridgehead atoms. The van der Waals surface area contributed by atoms with E-state index in [0.29, 0.717) is 35.5 Å². The summed E-state index contributed by atoms with van der Waals surface area (Å²) in [6.07, 6.45) is 14.4. The van der Waals surface area contributed by atoms with E-state index < -0.39 is 5.97 Å². The molecule has 6 atom stereocenters. The van der Waals surface area contributed by atoms with Gasteiger partial charge in [0.05, 0.1) is 5.71 Å². The van der Waals surface area contributed by atoms with E-state index in [0.717, 1.165) is 30.9 Å². The molecule has 3 fully saturated rings. The Hall–Kier alpha value is -2.30. The van der Waals surface area contributed by atoms with E-state index in [2.05, 4.69) is 19.0 Å². The first kappa shape index (κ1) is 22.5. The van der Waals surface area contributed by atoms with Gasteiger partial charge in [-0.05, 0) is 92.6 Å². The molecule has 0 radical (unpaired) electrons. The molecule has 0 unspecified atom stereocenters. The van der Waals surface area contributed by atoms with Gasteiger partial charge in [0.2, 0.25) is 0 Å². The van der Waals surface area contributed by atoms with E-state index in [1.165, 1.54) is 31.3 Å². The molecule has 5 nitrogen and oxygen atoms in total. The zero-order chi connectivity index (χ0) is 23.4. The number of carbonyl (C=O) groups is 2. The minimum atomic E-state index is -0.402. The molecule has 4 aliphatic carbocycles. The summed E-state index contributed by atoms with van der Waals surface area (Å²) in [6, 6.07) is 3.59. The van der Waals surface area contributed by atoms with Crippen LogP contribution in [0.3, 0.4) is 0 Å². The van der Waals surface area contributed by atoms with Crippen LogP contribution >= 0.6 is 0 Å². The van der Waals surface area contributed by atoms with Crippen LogP contribution in [-0.2, 0) is 16.7 Å². The Kier molecular flexibility index (Phi) is 5.57. The number of aromatic nitrogens is 1. The number of oxime groups is 1. The lowest BCUT2D eigenvalue weighted by molar-refractivity contribution is -0.671. The van der Waals surface area contributed by atoms with Gasteiger partial charge >= 0.3 is 5.97 Å². The Balaban J connectivity index is 1.33. The number of hydrogen-bond acceptors (Lipinski definition) is 4. The summed E-state index contributed by atoms with van der Waals surface area (Å²) in [4.78, 5) is 29.9. The molecule has 5 rings (SSSR count). The lowest BCUT2D eigenvalue weighted by Gasteiger charge is -2.58. The number of ketones is 1. The lowest BCUT2D eigenvalue weighted by atomic mass is 9.46. The van der Waals surface area contributed by atoms with E-state index in [4.69, 9.17) is 4.84 Å². The fraction of sp³-hybridized carbons (Fsp3) is 0.643. The number of allylic oxidation sites excluding steroid dienone is 1. The second kappa shape index (κ2) is 8.18. The van der Waals surface area contributed by atoms with E-state index >= 15 is 0 Å². The molecular formula is C28H37N2O3+. The van der Waals surface area contributed by atoms with Crippen LogP contribution in [0.15, 0.2) is 41.3 Å². The highest BCUT2D eigenvalue weighted by atomic mass is 16.7. The van der Waals surface area contributed by atoms with Gasteiger partial charge in [0.25, 0.3) is 0 Å². The van der Waals surface area contributed by atoms with Crippen molar-refractivity contribution in [1.82, 2.24) is 0 Å². The van der Waals surface area contributed by atoms with Crippen molar-refractivity contribution >= 4 is 17.5 Å². The number of hydrogen-bond donors (Lipinski definition) is 0. The van der Waals surface area contributed by atoms with Crippen molar-refractivity contribution in [1.29, 1.82) is 0 Å². The van der Waals surface area contributed by atoms with Crippen molar-refractivity contribution < 1.29 is 19.0 Å². The average molecular weight is 450 g/mol. The minimum absolute atomic E-state index is 0.209. The summed E-state index contributed by atoms with van der Waals surface area (Å²) in [6.45, 7) is 6.94. The summed E-state index contributed by atoms with van der Waals surface area (Å²) >= 11 is 0. The molecule has 0 spiro atoms. The lowest BCUT2D eigenvalue weighted by Crippen LogP contribution is -2.51. The SMILES string of the molecule is C/C(=N\OC(=O)c1ccc[n+](C)c1)[C@H]1CC[C@H]2[C@@H]3CCC4=CC(=O)CC[C@]4(C)[C@H]3CC[C@]12C. The van der Waals surface area contributed by atoms with Crippen LogP contribution in [0.5, 0.6) is 0 Å². The summed E-state index contributed by atoms with van der Waals surface area (Å²) in [5.74, 6) is 2.39. The van der Waals surface area contributed by atoms with Crippen molar-refractivity contribution in [3.8, 4) is 0 Å². The smallest absolute Gasteiger partial charge is 0.313 e. The Morgan fingerprint density at radius 1 is 1.12 bits per heavy atom. The first-order valence-electron chi connectivity index (χ1n) is 12.7. The highest BCUT2D eigenvalue weighted by Gasteiger charge is 2.59. The fourth-order valence-electron chi connectivity index (χ4n) is 8.18. The number of carbonyl (C=O) groups excluding carboxylic acids is 2. The van der Waals surface area contributed by atoms with Gasteiger partial charge in [0.15, 0.2) is 18.2 Å². The van der Waals surface area contributed by atoms with Gasteiger partial charge in [-0.25, -0.2) is 9.36 Å². The molecule has 3 saturated carbocycles. The third-order valence-corrected chi connectivity index (χ3v) is 9.91. The van der Waals surface area contributed by atoms with Crippen LogP contribution in [-0.4, -0.2) is 17.5 Å². The van der Waals surface area contributed by atoms with Crippen molar-refractivity contribution in [2.45, 2.75) is 72.1 Å². The number of rotatable bonds is 3. The molecule has 1 aromatic rings. The predicted octanol–water partition coefficient (Wildman–Crippen LogP) is 5.19. The molecular weight excluding hydrogens is 412 g/mol. The molecule has 0 saturated heterocycles. The summed E-state index contributed by atoms with van der Waals surface area (Å²) in [5.41, 5.74) is 3.32. The van der Waals surface area contributed by atoms with Crippen LogP contribution in [0, 0.1) is 34.5 Å². The molecule has 0 aromatic carbocycles. The number of fused-ring (bicyclic) bond motifs is 5. The second-order valence-electron chi connectivity index (χ2n) is 11.5. The molecule has 1 aromatic heterocycles. The molecule has 1 heterocycles. The summed E-state index contributed by atoms with van der Waals surface area (Å²) in [5, 5.41) is 4.35. The molecule has 4 aliphatic rings. The Morgan fingerprint density at radius 2 is 1.94 bits per heavy atom. The highest BCUT2D eigenvalue weighted by Crippen LogP contribution is 2.66. The topological polar surface area (TPSA) is 59.6 Å². The van der Waals surface area contributed by atoms with Crippen LogP contribution in [0.2, 0.25) is 0 Å². The molecule has 0 aliphatic heterocycles. The molecule has 33 heavy (non-hydrogen) atoms. The number of nitrogens with zero attached hydrogens (tertiary/aromatic N) is 2. The van der Waals surface area contributed by atoms with Gasteiger partial charge in [0, 0.05) is 18.4 Å². The molecule has 176 valence electrons. The maximum atomic E-state index is 12.5. The van der Waals surface area contributed by atoms with Gasteiger partial charge in [-0.15, -0.1) is 0 Å². The second-order valence-corrected chi connectivity index (χ2v) is 11.5. The predicted molar refractivity (Wildman–Crippen MR) is 126 cm³/mol. The summed E-state index contributed by atoms with van der Waals surface area (Å²) < 4.78 is 1.84. The standard InChI is InChI=1S/C28H37N2O3/c1-18(29-33-26(32)19-6-5-15-30(4)17-19)23-9-10-24-22-8-7-20-16-21(31)11-13-27(20,2)25(22)12-14-28(23,24)3/h5-6,15-17,22-25H,7-14H2,1-4H3/q+1/b29-18+/t22-,23+,24-,25-,27-,28+/m0/s1. The highest BCUT2D eigenvalue weighted by molar-refractivity contribution is 5.92. The van der Waals surface area contributed by atoms with Gasteiger partial charge in [0.1, 0.15) is 12.6 Å². The first-order chi connectivity index (χ1) is 15.7. The quantitative estimate of drug-likeness (QED) is 0.276. The third-order valence-electron chi connectivity index (χ3n) is 9.91. The molecule has 5 heteroatoms. The average Bonchev–Trinajstić information content (AvgIpc) is 3.15. The van der Waals surface area contributed by atoms with Crippen molar-refractivity contribution in [3.05, 3.63) is 41.7 Å². The van der Waals surface area contributed by atoms with Gasteiger partial charge in [-0.2, -0.15) is 0 Å². The van der Waals surface area contributed by atoms with E-state index in [9.17, 15) is 9.59 Å². The van der Waals surface area contributed by atoms with Crippen molar-refractivity contribution in [3.63, 3.8) is 0 Å². The maximum Gasteiger partial charge on any atom is 0.371 e. The van der Waals surface area contributed by atoms with Crippen molar-refractivity contribution in [2.75, 3.05) is 0 Å². The zero-order valence-corrected chi connectivity index (χ0v) is 20.5. The van der Waals surface area contributed by atoms with Gasteiger partial charge < -0.3 is 4.84 Å². The Labute approximate surface area is 197 Å². The van der Waals surface area contributed by atoms with Crippen LogP contribution in [0.1, 0.15) is 82.5 Å². The maximum absolute atomic E-state index is 12.5. The first-order valence-corrected chi connectivity index (χ1v) is 12.7. The fourth-order valence-corrected chi connectivity index (χ4v) is 8.18. The third kappa shape index (κ3) is 3.68. The van der Waals surface area contributed by atoms with Crippen LogP contribution in [0.4, 0.5) is 0 Å².